The van der Waals surface area contributed by atoms with Crippen LogP contribution < -0.4 is 0 Å². The van der Waals surface area contributed by atoms with Crippen molar-refractivity contribution in [1.29, 1.82) is 0 Å². The van der Waals surface area contributed by atoms with E-state index in [1.165, 1.54) is 51.5 Å². The molecule has 1 aliphatic rings. The van der Waals surface area contributed by atoms with Gasteiger partial charge in [0.2, 0.25) is 0 Å². The lowest BCUT2D eigenvalue weighted by Crippen LogP contribution is -2.29. The maximum atomic E-state index is 3.79. The second-order valence-corrected chi connectivity index (χ2v) is 6.85. The van der Waals surface area contributed by atoms with Crippen LogP contribution in [0.15, 0.2) is 12.8 Å². The molecular formula is C18H35N. The molecule has 1 aliphatic carbocycles. The third kappa shape index (κ3) is 5.58. The third-order valence-electron chi connectivity index (χ3n) is 5.44. The van der Waals surface area contributed by atoms with Crippen molar-refractivity contribution in [1.82, 2.24) is 4.90 Å². The Kier molecular flexibility index (Phi) is 7.56. The minimum Gasteiger partial charge on any atom is -0.381 e. The molecule has 1 saturated carbocycles. The number of rotatable bonds is 8. The second-order valence-electron chi connectivity index (χ2n) is 6.85. The normalized spacial score (nSPS) is 31.2. The van der Waals surface area contributed by atoms with Crippen LogP contribution in [0, 0.1) is 23.7 Å². The summed E-state index contributed by atoms with van der Waals surface area (Å²) in [5.41, 5.74) is 0. The molecule has 0 bridgehead atoms. The summed E-state index contributed by atoms with van der Waals surface area (Å²) in [4.78, 5) is 2.19. The predicted octanol–water partition coefficient (Wildman–Crippen LogP) is 5.33. The van der Waals surface area contributed by atoms with Crippen molar-refractivity contribution in [2.45, 2.75) is 65.7 Å². The Hall–Kier alpha value is -0.460. The number of nitrogens with zero attached hydrogens (tertiary/aromatic N) is 1. The zero-order valence-electron chi connectivity index (χ0n) is 13.7. The molecule has 0 aromatic carbocycles. The van der Waals surface area contributed by atoms with Gasteiger partial charge in [0, 0.05) is 13.6 Å². The Balaban J connectivity index is 2.17. The van der Waals surface area contributed by atoms with Gasteiger partial charge in [0.1, 0.15) is 0 Å². The largest absolute Gasteiger partial charge is 0.381 e. The van der Waals surface area contributed by atoms with Gasteiger partial charge in [-0.15, -0.1) is 0 Å². The van der Waals surface area contributed by atoms with Crippen LogP contribution in [0.2, 0.25) is 0 Å². The van der Waals surface area contributed by atoms with Gasteiger partial charge in [0.05, 0.1) is 0 Å². The van der Waals surface area contributed by atoms with Crippen molar-refractivity contribution >= 4 is 0 Å². The molecule has 19 heavy (non-hydrogen) atoms. The van der Waals surface area contributed by atoms with Crippen LogP contribution in [-0.2, 0) is 0 Å². The highest BCUT2D eigenvalue weighted by Crippen LogP contribution is 2.41. The number of hydrogen-bond donors (Lipinski definition) is 0. The molecule has 0 heterocycles. The van der Waals surface area contributed by atoms with E-state index < -0.39 is 0 Å². The molecule has 1 nitrogen and oxygen atoms in total. The molecule has 0 saturated heterocycles. The molecule has 0 aromatic heterocycles. The average Bonchev–Trinajstić information content (AvgIpc) is 2.41. The SMILES string of the molecule is C=CN(C)CCCCCC1CC(C)C(C)C(CC)C1. The van der Waals surface area contributed by atoms with Crippen LogP contribution in [0.4, 0.5) is 0 Å². The maximum absolute atomic E-state index is 3.79. The quantitative estimate of drug-likeness (QED) is 0.536. The molecule has 1 fully saturated rings. The van der Waals surface area contributed by atoms with E-state index in [2.05, 4.69) is 39.3 Å². The van der Waals surface area contributed by atoms with Crippen molar-refractivity contribution in [3.05, 3.63) is 12.8 Å². The summed E-state index contributed by atoms with van der Waals surface area (Å²) in [5, 5.41) is 0. The lowest BCUT2D eigenvalue weighted by Gasteiger charge is -2.38. The molecule has 0 radical (unpaired) electrons. The average molecular weight is 265 g/mol. The summed E-state index contributed by atoms with van der Waals surface area (Å²) in [6.07, 6.45) is 11.9. The summed E-state index contributed by atoms with van der Waals surface area (Å²) >= 11 is 0. The molecule has 4 atom stereocenters. The van der Waals surface area contributed by atoms with E-state index in [1.54, 1.807) is 0 Å². The monoisotopic (exact) mass is 265 g/mol. The second kappa shape index (κ2) is 8.66. The van der Waals surface area contributed by atoms with E-state index in [-0.39, 0.29) is 0 Å². The fourth-order valence-electron chi connectivity index (χ4n) is 3.78. The van der Waals surface area contributed by atoms with Crippen LogP contribution >= 0.6 is 0 Å². The Morgan fingerprint density at radius 3 is 2.53 bits per heavy atom. The molecule has 112 valence electrons. The van der Waals surface area contributed by atoms with Crippen molar-refractivity contribution in [2.24, 2.45) is 23.7 Å². The zero-order chi connectivity index (χ0) is 14.3. The van der Waals surface area contributed by atoms with Gasteiger partial charge in [-0.1, -0.05) is 53.0 Å². The Morgan fingerprint density at radius 1 is 1.16 bits per heavy atom. The molecule has 0 spiro atoms. The summed E-state index contributed by atoms with van der Waals surface area (Å²) in [6, 6.07) is 0. The van der Waals surface area contributed by atoms with Gasteiger partial charge in [-0.25, -0.2) is 0 Å². The van der Waals surface area contributed by atoms with Crippen LogP contribution in [-0.4, -0.2) is 18.5 Å². The molecule has 0 aliphatic heterocycles. The van der Waals surface area contributed by atoms with Crippen LogP contribution in [0.5, 0.6) is 0 Å². The predicted molar refractivity (Wildman–Crippen MR) is 86.1 cm³/mol. The van der Waals surface area contributed by atoms with E-state index in [4.69, 9.17) is 0 Å². The molecule has 4 unspecified atom stereocenters. The molecule has 0 amide bonds. The topological polar surface area (TPSA) is 3.24 Å². The molecule has 1 rings (SSSR count). The Morgan fingerprint density at radius 2 is 1.89 bits per heavy atom. The first-order valence-electron chi connectivity index (χ1n) is 8.41. The highest BCUT2D eigenvalue weighted by Gasteiger charge is 2.31. The number of unbranched alkanes of at least 4 members (excludes halogenated alkanes) is 2. The van der Waals surface area contributed by atoms with E-state index in [9.17, 15) is 0 Å². The highest BCUT2D eigenvalue weighted by atomic mass is 15.1. The van der Waals surface area contributed by atoms with E-state index in [0.29, 0.717) is 0 Å². The molecule has 0 aromatic rings. The van der Waals surface area contributed by atoms with Gasteiger partial charge in [-0.05, 0) is 49.1 Å². The van der Waals surface area contributed by atoms with Crippen molar-refractivity contribution < 1.29 is 0 Å². The zero-order valence-corrected chi connectivity index (χ0v) is 13.7. The molecule has 0 N–H and O–H groups in total. The van der Waals surface area contributed by atoms with Gasteiger partial charge in [0.15, 0.2) is 0 Å². The van der Waals surface area contributed by atoms with Crippen molar-refractivity contribution in [3.8, 4) is 0 Å². The maximum Gasteiger partial charge on any atom is 0.0169 e. The van der Waals surface area contributed by atoms with Crippen molar-refractivity contribution in [3.63, 3.8) is 0 Å². The molecule has 1 heteroatoms. The van der Waals surface area contributed by atoms with Crippen LogP contribution in [0.3, 0.4) is 0 Å². The minimum atomic E-state index is 0.940. The first-order valence-corrected chi connectivity index (χ1v) is 8.41. The summed E-state index contributed by atoms with van der Waals surface area (Å²) in [7, 11) is 2.11. The first kappa shape index (κ1) is 16.6. The Labute approximate surface area is 121 Å². The van der Waals surface area contributed by atoms with E-state index in [0.717, 1.165) is 23.7 Å². The molecular weight excluding hydrogens is 230 g/mol. The first-order chi connectivity index (χ1) is 9.08. The standard InChI is InChI=1S/C18H35N/c1-6-18-14-17(13-15(3)16(18)4)11-9-8-10-12-19(5)7-2/h7,15-18H,2,6,8-14H2,1,3-5H3. The van der Waals surface area contributed by atoms with Crippen LogP contribution in [0.1, 0.15) is 65.7 Å². The van der Waals surface area contributed by atoms with E-state index in [1.807, 2.05) is 6.20 Å². The fraction of sp³-hybridized carbons (Fsp3) is 0.889. The fourth-order valence-corrected chi connectivity index (χ4v) is 3.78. The lowest BCUT2D eigenvalue weighted by molar-refractivity contribution is 0.119. The third-order valence-corrected chi connectivity index (χ3v) is 5.44. The summed E-state index contributed by atoms with van der Waals surface area (Å²) < 4.78 is 0. The highest BCUT2D eigenvalue weighted by molar-refractivity contribution is 4.81. The summed E-state index contributed by atoms with van der Waals surface area (Å²) in [6.45, 7) is 12.3. The van der Waals surface area contributed by atoms with Gasteiger partial charge in [-0.3, -0.25) is 0 Å². The van der Waals surface area contributed by atoms with Crippen molar-refractivity contribution in [2.75, 3.05) is 13.6 Å². The van der Waals surface area contributed by atoms with E-state index >= 15 is 0 Å². The summed E-state index contributed by atoms with van der Waals surface area (Å²) in [5.74, 6) is 3.88. The van der Waals surface area contributed by atoms with Crippen LogP contribution in [0.25, 0.3) is 0 Å². The van der Waals surface area contributed by atoms with Gasteiger partial charge < -0.3 is 4.90 Å². The number of hydrogen-bond acceptors (Lipinski definition) is 1. The van der Waals surface area contributed by atoms with Gasteiger partial charge in [0.25, 0.3) is 0 Å². The minimum absolute atomic E-state index is 0.940. The Bertz CT molecular complexity index is 248. The van der Waals surface area contributed by atoms with Gasteiger partial charge >= 0.3 is 0 Å². The lowest BCUT2D eigenvalue weighted by atomic mass is 9.67. The van der Waals surface area contributed by atoms with Gasteiger partial charge in [-0.2, -0.15) is 0 Å². The smallest absolute Gasteiger partial charge is 0.0169 e.